The van der Waals surface area contributed by atoms with Crippen molar-refractivity contribution >= 4 is 35.5 Å². The number of hydrogen-bond donors (Lipinski definition) is 0. The first-order valence-electron chi connectivity index (χ1n) is 8.18. The molecule has 2 aromatic carbocycles. The van der Waals surface area contributed by atoms with Crippen LogP contribution in [0.15, 0.2) is 46.2 Å². The highest BCUT2D eigenvalue weighted by molar-refractivity contribution is 7.99. The molecule has 2 nitrogen and oxygen atoms in total. The van der Waals surface area contributed by atoms with Crippen molar-refractivity contribution in [2.24, 2.45) is 0 Å². The Morgan fingerprint density at radius 1 is 1.00 bits per heavy atom. The van der Waals surface area contributed by atoms with E-state index < -0.39 is 11.7 Å². The summed E-state index contributed by atoms with van der Waals surface area (Å²) in [5.74, 6) is 0. The first-order chi connectivity index (χ1) is 11.8. The van der Waals surface area contributed by atoms with Crippen LogP contribution in [0.2, 0.25) is 0 Å². The molecular weight excluding hydrogens is 381 g/mol. The van der Waals surface area contributed by atoms with Crippen molar-refractivity contribution in [1.29, 1.82) is 0 Å². The molecule has 1 heterocycles. The zero-order valence-corrected chi connectivity index (χ0v) is 16.6. The third kappa shape index (κ3) is 4.48. The van der Waals surface area contributed by atoms with Crippen molar-refractivity contribution in [3.63, 3.8) is 0 Å². The van der Waals surface area contributed by atoms with Crippen LogP contribution < -0.4 is 4.90 Å². The zero-order valence-electron chi connectivity index (χ0n) is 14.9. The fraction of sp³-hybridized carbons (Fsp3) is 0.368. The number of alkyl halides is 3. The van der Waals surface area contributed by atoms with Gasteiger partial charge in [0, 0.05) is 16.3 Å². The molecule has 1 aliphatic rings. The van der Waals surface area contributed by atoms with Gasteiger partial charge in [-0.1, -0.05) is 17.8 Å². The van der Waals surface area contributed by atoms with Gasteiger partial charge in [-0.2, -0.15) is 13.2 Å². The number of benzene rings is 2. The maximum Gasteiger partial charge on any atom is 0.416 e. The van der Waals surface area contributed by atoms with Crippen LogP contribution >= 0.6 is 24.2 Å². The standard InChI is InChI=1S/C19H21F3N2S.ClH/c1-13-5-7-17-15(11-13)24(10-4-9-23(2)3)16-12-14(19(20,21)22)6-8-18(16)25-17;/h5-8,11-12H,4,9-10H2,1-3H3;1H. The molecule has 0 atom stereocenters. The van der Waals surface area contributed by atoms with E-state index in [-0.39, 0.29) is 12.4 Å². The van der Waals surface area contributed by atoms with Gasteiger partial charge in [0.15, 0.2) is 0 Å². The third-order valence-corrected chi connectivity index (χ3v) is 5.32. The van der Waals surface area contributed by atoms with Crippen LogP contribution in [0, 0.1) is 6.92 Å². The van der Waals surface area contributed by atoms with Crippen LogP contribution in [0.5, 0.6) is 0 Å². The topological polar surface area (TPSA) is 6.48 Å². The van der Waals surface area contributed by atoms with Gasteiger partial charge in [0.05, 0.1) is 16.9 Å². The average molecular weight is 403 g/mol. The third-order valence-electron chi connectivity index (χ3n) is 4.19. The monoisotopic (exact) mass is 402 g/mol. The largest absolute Gasteiger partial charge is 0.416 e. The highest BCUT2D eigenvalue weighted by atomic mass is 35.5. The summed E-state index contributed by atoms with van der Waals surface area (Å²) in [5, 5.41) is 0. The van der Waals surface area contributed by atoms with Crippen molar-refractivity contribution in [2.75, 3.05) is 32.1 Å². The van der Waals surface area contributed by atoms with Gasteiger partial charge >= 0.3 is 6.18 Å². The van der Waals surface area contributed by atoms with E-state index >= 15 is 0 Å². The van der Waals surface area contributed by atoms with Crippen LogP contribution in [0.1, 0.15) is 17.5 Å². The molecule has 7 heteroatoms. The Hall–Kier alpha value is -1.37. The minimum atomic E-state index is -4.33. The van der Waals surface area contributed by atoms with Gasteiger partial charge in [-0.25, -0.2) is 0 Å². The van der Waals surface area contributed by atoms with Crippen LogP contribution in [0.4, 0.5) is 24.5 Å². The van der Waals surface area contributed by atoms with E-state index in [0.717, 1.165) is 34.0 Å². The highest BCUT2D eigenvalue weighted by Crippen LogP contribution is 2.49. The normalized spacial score (nSPS) is 13.3. The molecule has 0 radical (unpaired) electrons. The molecular formula is C19H22ClF3N2S. The fourth-order valence-corrected chi connectivity index (χ4v) is 4.01. The number of aryl methyl sites for hydroxylation is 1. The Balaban J connectivity index is 0.00000243. The fourth-order valence-electron chi connectivity index (χ4n) is 2.95. The van der Waals surface area contributed by atoms with E-state index in [2.05, 4.69) is 17.0 Å². The minimum Gasteiger partial charge on any atom is -0.340 e. The van der Waals surface area contributed by atoms with Crippen molar-refractivity contribution in [3.8, 4) is 0 Å². The summed E-state index contributed by atoms with van der Waals surface area (Å²) in [5.41, 5.74) is 2.15. The van der Waals surface area contributed by atoms with Gasteiger partial charge in [0.1, 0.15) is 0 Å². The molecule has 0 aliphatic carbocycles. The molecule has 0 aromatic heterocycles. The predicted octanol–water partition coefficient (Wildman–Crippen LogP) is 5.99. The second kappa shape index (κ2) is 8.11. The summed E-state index contributed by atoms with van der Waals surface area (Å²) < 4.78 is 39.5. The number of fused-ring (bicyclic) bond motifs is 2. The smallest absolute Gasteiger partial charge is 0.340 e. The van der Waals surface area contributed by atoms with Crippen molar-refractivity contribution < 1.29 is 13.2 Å². The molecule has 3 rings (SSSR count). The Labute approximate surface area is 162 Å². The van der Waals surface area contributed by atoms with E-state index in [1.54, 1.807) is 6.07 Å². The lowest BCUT2D eigenvalue weighted by Gasteiger charge is -2.34. The molecule has 0 N–H and O–H groups in total. The maximum absolute atomic E-state index is 13.2. The Morgan fingerprint density at radius 2 is 1.62 bits per heavy atom. The minimum absolute atomic E-state index is 0. The molecule has 0 saturated heterocycles. The SMILES string of the molecule is Cc1ccc2c(c1)N(CCCN(C)C)c1cc(C(F)(F)F)ccc1S2.Cl. The summed E-state index contributed by atoms with van der Waals surface area (Å²) in [7, 11) is 4.00. The second-order valence-corrected chi connectivity index (χ2v) is 7.65. The number of hydrogen-bond acceptors (Lipinski definition) is 3. The lowest BCUT2D eigenvalue weighted by atomic mass is 10.1. The lowest BCUT2D eigenvalue weighted by Crippen LogP contribution is -2.26. The second-order valence-electron chi connectivity index (χ2n) is 6.56. The summed E-state index contributed by atoms with van der Waals surface area (Å²) in [6, 6.07) is 10.2. The van der Waals surface area contributed by atoms with E-state index in [1.165, 1.54) is 23.9 Å². The highest BCUT2D eigenvalue weighted by Gasteiger charge is 2.33. The maximum atomic E-state index is 13.2. The average Bonchev–Trinajstić information content (AvgIpc) is 2.53. The summed E-state index contributed by atoms with van der Waals surface area (Å²) in [4.78, 5) is 6.08. The van der Waals surface area contributed by atoms with Gasteiger partial charge in [-0.15, -0.1) is 12.4 Å². The quantitative estimate of drug-likeness (QED) is 0.620. The van der Waals surface area contributed by atoms with Crippen LogP contribution in [0.25, 0.3) is 0 Å². The molecule has 0 saturated carbocycles. The molecule has 142 valence electrons. The molecule has 0 fully saturated rings. The Kier molecular flexibility index (Phi) is 6.53. The number of halogens is 4. The van der Waals surface area contributed by atoms with Crippen LogP contribution in [0.3, 0.4) is 0 Å². The Bertz CT molecular complexity index is 778. The number of anilines is 2. The molecule has 26 heavy (non-hydrogen) atoms. The predicted molar refractivity (Wildman–Crippen MR) is 104 cm³/mol. The van der Waals surface area contributed by atoms with Crippen molar-refractivity contribution in [3.05, 3.63) is 47.5 Å². The Morgan fingerprint density at radius 3 is 2.23 bits per heavy atom. The summed E-state index contributed by atoms with van der Waals surface area (Å²) >= 11 is 1.53. The van der Waals surface area contributed by atoms with Crippen molar-refractivity contribution in [2.45, 2.75) is 29.3 Å². The first-order valence-corrected chi connectivity index (χ1v) is 8.99. The molecule has 0 unspecified atom stereocenters. The summed E-state index contributed by atoms with van der Waals surface area (Å²) in [6.07, 6.45) is -3.46. The van der Waals surface area contributed by atoms with E-state index in [0.29, 0.717) is 12.2 Å². The van der Waals surface area contributed by atoms with E-state index in [4.69, 9.17) is 0 Å². The molecule has 0 amide bonds. The van der Waals surface area contributed by atoms with Gasteiger partial charge in [0.2, 0.25) is 0 Å². The molecule has 0 bridgehead atoms. The van der Waals surface area contributed by atoms with Gasteiger partial charge in [0.25, 0.3) is 0 Å². The molecule has 2 aromatic rings. The summed E-state index contributed by atoms with van der Waals surface area (Å²) in [6.45, 7) is 3.58. The first kappa shape index (κ1) is 20.9. The van der Waals surface area contributed by atoms with Gasteiger partial charge < -0.3 is 9.80 Å². The van der Waals surface area contributed by atoms with E-state index in [9.17, 15) is 13.2 Å². The van der Waals surface area contributed by atoms with Gasteiger partial charge in [-0.3, -0.25) is 0 Å². The number of rotatable bonds is 4. The van der Waals surface area contributed by atoms with Crippen molar-refractivity contribution in [1.82, 2.24) is 4.90 Å². The number of nitrogens with zero attached hydrogens (tertiary/aromatic N) is 2. The molecule has 1 aliphatic heterocycles. The van der Waals surface area contributed by atoms with Crippen LogP contribution in [-0.2, 0) is 6.18 Å². The lowest BCUT2D eigenvalue weighted by molar-refractivity contribution is -0.137. The van der Waals surface area contributed by atoms with E-state index in [1.807, 2.05) is 32.0 Å². The van der Waals surface area contributed by atoms with Gasteiger partial charge in [-0.05, 0) is 69.9 Å². The zero-order chi connectivity index (χ0) is 18.2. The molecule has 0 spiro atoms. The van der Waals surface area contributed by atoms with Crippen LogP contribution in [-0.4, -0.2) is 32.1 Å².